The Morgan fingerprint density at radius 3 is 2.20 bits per heavy atom. The van der Waals surface area contributed by atoms with Gasteiger partial charge in [-0.25, -0.2) is 0 Å². The van der Waals surface area contributed by atoms with E-state index in [4.69, 9.17) is 11.6 Å². The third-order valence-corrected chi connectivity index (χ3v) is 4.37. The Morgan fingerprint density at radius 2 is 1.52 bits per heavy atom. The van der Waals surface area contributed by atoms with E-state index in [0.29, 0.717) is 16.3 Å². The average Bonchev–Trinajstić information content (AvgIpc) is 2.65. The molecule has 0 spiro atoms. The average molecular weight is 348 g/mol. The maximum absolute atomic E-state index is 13.0. The van der Waals surface area contributed by atoms with E-state index in [1.807, 2.05) is 91.9 Å². The lowest BCUT2D eigenvalue weighted by atomic mass is 10.0. The van der Waals surface area contributed by atoms with Gasteiger partial charge < -0.3 is 5.32 Å². The number of halogens is 1. The van der Waals surface area contributed by atoms with Crippen LogP contribution in [0.25, 0.3) is 11.6 Å². The second kappa shape index (κ2) is 7.82. The summed E-state index contributed by atoms with van der Waals surface area (Å²) in [5, 5.41) is 3.61. The van der Waals surface area contributed by atoms with Crippen molar-refractivity contribution >= 4 is 34.8 Å². The predicted molar refractivity (Wildman–Crippen MR) is 106 cm³/mol. The van der Waals surface area contributed by atoms with Gasteiger partial charge in [-0.1, -0.05) is 78.3 Å². The van der Waals surface area contributed by atoms with Gasteiger partial charge in [0.2, 0.25) is 0 Å². The lowest BCUT2D eigenvalue weighted by molar-refractivity contribution is -0.111. The molecule has 3 aromatic rings. The summed E-state index contributed by atoms with van der Waals surface area (Å²) in [6.07, 6.45) is 1.89. The van der Waals surface area contributed by atoms with E-state index in [2.05, 4.69) is 5.32 Å². The highest BCUT2D eigenvalue weighted by Crippen LogP contribution is 2.25. The minimum atomic E-state index is -0.166. The molecule has 3 aromatic carbocycles. The fraction of sp³-hybridized carbons (Fsp3) is 0.0455. The highest BCUT2D eigenvalue weighted by molar-refractivity contribution is 6.32. The van der Waals surface area contributed by atoms with Gasteiger partial charge in [0.1, 0.15) is 0 Å². The summed E-state index contributed by atoms with van der Waals surface area (Å²) in [5.41, 5.74) is 4.01. The zero-order chi connectivity index (χ0) is 17.6. The number of benzene rings is 3. The number of hydrogen-bond donors (Lipinski definition) is 1. The van der Waals surface area contributed by atoms with Gasteiger partial charge in [0.15, 0.2) is 0 Å². The Morgan fingerprint density at radius 1 is 0.880 bits per heavy atom. The van der Waals surface area contributed by atoms with Gasteiger partial charge in [0.25, 0.3) is 5.91 Å². The van der Waals surface area contributed by atoms with Crippen LogP contribution < -0.4 is 5.32 Å². The van der Waals surface area contributed by atoms with Gasteiger partial charge >= 0.3 is 0 Å². The molecule has 0 aliphatic rings. The maximum Gasteiger partial charge on any atom is 0.256 e. The van der Waals surface area contributed by atoms with Crippen molar-refractivity contribution in [2.75, 3.05) is 5.32 Å². The fourth-order valence-electron chi connectivity index (χ4n) is 2.55. The van der Waals surface area contributed by atoms with Crippen LogP contribution in [0.2, 0.25) is 5.02 Å². The normalized spacial score (nSPS) is 11.2. The first-order valence-corrected chi connectivity index (χ1v) is 8.41. The van der Waals surface area contributed by atoms with Crippen molar-refractivity contribution < 1.29 is 4.79 Å². The van der Waals surface area contributed by atoms with Gasteiger partial charge in [-0.2, -0.15) is 0 Å². The van der Waals surface area contributed by atoms with E-state index in [1.165, 1.54) is 0 Å². The molecule has 2 nitrogen and oxygen atoms in total. The summed E-state index contributed by atoms with van der Waals surface area (Å²) in [6, 6.07) is 24.9. The molecule has 0 unspecified atom stereocenters. The van der Waals surface area contributed by atoms with Crippen molar-refractivity contribution in [3.63, 3.8) is 0 Å². The third kappa shape index (κ3) is 4.17. The standard InChI is InChI=1S/C22H18ClNO/c1-16-20(23)13-8-14-21(16)24-22(25)19(18-11-6-3-7-12-18)15-17-9-4-2-5-10-17/h2-15H,1H3,(H,24,25). The van der Waals surface area contributed by atoms with Crippen LogP contribution in [-0.2, 0) is 4.79 Å². The molecule has 0 radical (unpaired) electrons. The van der Waals surface area contributed by atoms with Crippen molar-refractivity contribution in [1.29, 1.82) is 0 Å². The first-order chi connectivity index (χ1) is 12.1. The SMILES string of the molecule is Cc1c(Cl)cccc1NC(=O)C(=Cc1ccccc1)c1ccccc1. The Kier molecular flexibility index (Phi) is 5.32. The highest BCUT2D eigenvalue weighted by atomic mass is 35.5. The van der Waals surface area contributed by atoms with Crippen molar-refractivity contribution in [3.05, 3.63) is 101 Å². The second-order valence-electron chi connectivity index (χ2n) is 5.70. The van der Waals surface area contributed by atoms with E-state index in [1.54, 1.807) is 0 Å². The van der Waals surface area contributed by atoms with E-state index >= 15 is 0 Å². The molecule has 1 amide bonds. The van der Waals surface area contributed by atoms with Crippen LogP contribution >= 0.6 is 11.6 Å². The Hall–Kier alpha value is -2.84. The number of amides is 1. The number of carbonyl (C=O) groups is 1. The summed E-state index contributed by atoms with van der Waals surface area (Å²) in [6.45, 7) is 1.89. The molecule has 3 rings (SSSR count). The van der Waals surface area contributed by atoms with Crippen molar-refractivity contribution in [2.45, 2.75) is 6.92 Å². The zero-order valence-corrected chi connectivity index (χ0v) is 14.6. The van der Waals surface area contributed by atoms with Gasteiger partial charge in [-0.3, -0.25) is 4.79 Å². The number of hydrogen-bond acceptors (Lipinski definition) is 1. The molecule has 0 saturated carbocycles. The largest absolute Gasteiger partial charge is 0.322 e. The quantitative estimate of drug-likeness (QED) is 0.467. The number of carbonyl (C=O) groups excluding carboxylic acids is 1. The van der Waals surface area contributed by atoms with Crippen molar-refractivity contribution in [3.8, 4) is 0 Å². The molecule has 25 heavy (non-hydrogen) atoms. The Bertz CT molecular complexity index is 902. The first-order valence-electron chi connectivity index (χ1n) is 8.04. The van der Waals surface area contributed by atoms with Crippen LogP contribution in [0.1, 0.15) is 16.7 Å². The van der Waals surface area contributed by atoms with Crippen LogP contribution in [-0.4, -0.2) is 5.91 Å². The summed E-state index contributed by atoms with van der Waals surface area (Å²) >= 11 is 6.16. The predicted octanol–water partition coefficient (Wildman–Crippen LogP) is 5.83. The van der Waals surface area contributed by atoms with Crippen LogP contribution in [0.5, 0.6) is 0 Å². The molecule has 0 fully saturated rings. The molecule has 124 valence electrons. The van der Waals surface area contributed by atoms with Crippen LogP contribution in [0.3, 0.4) is 0 Å². The summed E-state index contributed by atoms with van der Waals surface area (Å²) < 4.78 is 0. The van der Waals surface area contributed by atoms with Crippen LogP contribution in [0, 0.1) is 6.92 Å². The molecular weight excluding hydrogens is 330 g/mol. The van der Waals surface area contributed by atoms with E-state index in [-0.39, 0.29) is 5.91 Å². The molecule has 0 atom stereocenters. The molecule has 0 aromatic heterocycles. The van der Waals surface area contributed by atoms with Crippen molar-refractivity contribution in [2.24, 2.45) is 0 Å². The monoisotopic (exact) mass is 347 g/mol. The summed E-state index contributed by atoms with van der Waals surface area (Å²) in [7, 11) is 0. The van der Waals surface area contributed by atoms with Gasteiger partial charge in [-0.05, 0) is 41.8 Å². The van der Waals surface area contributed by atoms with Crippen LogP contribution in [0.15, 0.2) is 78.9 Å². The second-order valence-corrected chi connectivity index (χ2v) is 6.11. The van der Waals surface area contributed by atoms with E-state index in [9.17, 15) is 4.79 Å². The molecule has 0 bridgehead atoms. The molecule has 0 heterocycles. The molecule has 0 aliphatic heterocycles. The number of nitrogens with one attached hydrogen (secondary N) is 1. The maximum atomic E-state index is 13.0. The van der Waals surface area contributed by atoms with E-state index < -0.39 is 0 Å². The number of rotatable bonds is 4. The van der Waals surface area contributed by atoms with Gasteiger partial charge in [0, 0.05) is 16.3 Å². The Balaban J connectivity index is 1.98. The first kappa shape index (κ1) is 17.0. The molecule has 3 heteroatoms. The zero-order valence-electron chi connectivity index (χ0n) is 13.9. The summed E-state index contributed by atoms with van der Waals surface area (Å²) in [5.74, 6) is -0.166. The Labute approximate surface area is 152 Å². The van der Waals surface area contributed by atoms with Gasteiger partial charge in [-0.15, -0.1) is 0 Å². The lowest BCUT2D eigenvalue weighted by Gasteiger charge is -2.12. The third-order valence-electron chi connectivity index (χ3n) is 3.96. The summed E-state index contributed by atoms with van der Waals surface area (Å²) in [4.78, 5) is 13.0. The van der Waals surface area contributed by atoms with Gasteiger partial charge in [0.05, 0.1) is 0 Å². The molecule has 0 saturated heterocycles. The smallest absolute Gasteiger partial charge is 0.256 e. The van der Waals surface area contributed by atoms with E-state index in [0.717, 1.165) is 16.7 Å². The highest BCUT2D eigenvalue weighted by Gasteiger charge is 2.14. The number of anilines is 1. The van der Waals surface area contributed by atoms with Crippen molar-refractivity contribution in [1.82, 2.24) is 0 Å². The molecular formula is C22H18ClNO. The molecule has 1 N–H and O–H groups in total. The topological polar surface area (TPSA) is 29.1 Å². The van der Waals surface area contributed by atoms with Crippen LogP contribution in [0.4, 0.5) is 5.69 Å². The lowest BCUT2D eigenvalue weighted by Crippen LogP contribution is -2.14. The minimum absolute atomic E-state index is 0.166. The minimum Gasteiger partial charge on any atom is -0.322 e. The molecule has 0 aliphatic carbocycles. The fourth-order valence-corrected chi connectivity index (χ4v) is 2.72.